The van der Waals surface area contributed by atoms with Gasteiger partial charge in [-0.25, -0.2) is 0 Å². The van der Waals surface area contributed by atoms with E-state index in [-0.39, 0.29) is 5.97 Å². The Labute approximate surface area is 90.6 Å². The number of hydrogen-bond acceptors (Lipinski definition) is 4. The van der Waals surface area contributed by atoms with Crippen LogP contribution in [-0.2, 0) is 14.3 Å². The fraction of sp³-hybridized carbons (Fsp3) is 0.727. The number of hydrogen-bond donors (Lipinski definition) is 1. The molecule has 0 bridgehead atoms. The van der Waals surface area contributed by atoms with Crippen molar-refractivity contribution in [3.05, 3.63) is 12.7 Å². The summed E-state index contributed by atoms with van der Waals surface area (Å²) in [5, 5.41) is 3.20. The number of nitrogens with one attached hydrogen (secondary N) is 1. The molecular weight excluding hydrogens is 194 g/mol. The van der Waals surface area contributed by atoms with Crippen LogP contribution in [0, 0.1) is 0 Å². The maximum Gasteiger partial charge on any atom is 0.326 e. The van der Waals surface area contributed by atoms with Crippen LogP contribution in [0.3, 0.4) is 0 Å². The Hall–Kier alpha value is -0.870. The molecule has 0 saturated carbocycles. The molecule has 1 fully saturated rings. The van der Waals surface area contributed by atoms with E-state index in [9.17, 15) is 4.79 Å². The van der Waals surface area contributed by atoms with Gasteiger partial charge in [0.1, 0.15) is 5.54 Å². The maximum absolute atomic E-state index is 11.9. The lowest BCUT2D eigenvalue weighted by Crippen LogP contribution is -2.56. The van der Waals surface area contributed by atoms with Gasteiger partial charge in [-0.3, -0.25) is 10.1 Å². The lowest BCUT2D eigenvalue weighted by atomic mass is 9.90. The topological polar surface area (TPSA) is 47.6 Å². The molecule has 0 aromatic rings. The molecule has 1 saturated heterocycles. The van der Waals surface area contributed by atoms with Gasteiger partial charge in [0.05, 0.1) is 6.61 Å². The molecule has 1 heterocycles. The maximum atomic E-state index is 11.9. The van der Waals surface area contributed by atoms with Gasteiger partial charge in [0, 0.05) is 19.8 Å². The van der Waals surface area contributed by atoms with Crippen LogP contribution in [0.5, 0.6) is 0 Å². The number of carbonyl (C=O) groups is 1. The third-order valence-electron chi connectivity index (χ3n) is 2.60. The Morgan fingerprint density at radius 3 is 2.80 bits per heavy atom. The molecule has 0 spiro atoms. The molecule has 15 heavy (non-hydrogen) atoms. The van der Waals surface area contributed by atoms with Gasteiger partial charge in [-0.1, -0.05) is 6.08 Å². The third-order valence-corrected chi connectivity index (χ3v) is 2.60. The molecule has 0 radical (unpaired) electrons. The van der Waals surface area contributed by atoms with E-state index in [2.05, 4.69) is 11.9 Å². The minimum absolute atomic E-state index is 0.171. The third kappa shape index (κ3) is 3.04. The summed E-state index contributed by atoms with van der Waals surface area (Å²) < 4.78 is 10.3. The van der Waals surface area contributed by atoms with E-state index in [0.29, 0.717) is 39.2 Å². The van der Waals surface area contributed by atoms with Crippen LogP contribution in [0.1, 0.15) is 19.8 Å². The molecular formula is C11H19NO3. The van der Waals surface area contributed by atoms with Crippen molar-refractivity contribution in [1.29, 1.82) is 0 Å². The second-order valence-electron chi connectivity index (χ2n) is 3.58. The predicted octanol–water partition coefficient (Wildman–Crippen LogP) is 0.874. The molecule has 1 aliphatic heterocycles. The van der Waals surface area contributed by atoms with E-state index in [1.165, 1.54) is 0 Å². The van der Waals surface area contributed by atoms with Crippen molar-refractivity contribution >= 4 is 5.97 Å². The van der Waals surface area contributed by atoms with Crippen LogP contribution in [0.15, 0.2) is 12.7 Å². The van der Waals surface area contributed by atoms with Gasteiger partial charge < -0.3 is 9.47 Å². The Morgan fingerprint density at radius 2 is 2.27 bits per heavy atom. The molecule has 4 heteroatoms. The van der Waals surface area contributed by atoms with Crippen LogP contribution >= 0.6 is 0 Å². The van der Waals surface area contributed by atoms with Gasteiger partial charge in [-0.05, 0) is 19.8 Å². The summed E-state index contributed by atoms with van der Waals surface area (Å²) in [6.07, 6.45) is 3.08. The fourth-order valence-corrected chi connectivity index (χ4v) is 1.71. The molecule has 1 N–H and O–H groups in total. The summed E-state index contributed by atoms with van der Waals surface area (Å²) in [7, 11) is 0. The summed E-state index contributed by atoms with van der Waals surface area (Å²) in [6.45, 7) is 7.68. The SMILES string of the molecule is C=CCNC1(C(=O)OCC)CCOCC1. The first-order valence-corrected chi connectivity index (χ1v) is 5.36. The number of esters is 1. The van der Waals surface area contributed by atoms with Crippen LogP contribution < -0.4 is 5.32 Å². The van der Waals surface area contributed by atoms with Gasteiger partial charge in [0.2, 0.25) is 0 Å². The smallest absolute Gasteiger partial charge is 0.326 e. The summed E-state index contributed by atoms with van der Waals surface area (Å²) in [5.41, 5.74) is -0.567. The summed E-state index contributed by atoms with van der Waals surface area (Å²) in [4.78, 5) is 11.9. The second-order valence-corrected chi connectivity index (χ2v) is 3.58. The van der Waals surface area contributed by atoms with Gasteiger partial charge in [-0.15, -0.1) is 6.58 Å². The van der Waals surface area contributed by atoms with Crippen molar-refractivity contribution < 1.29 is 14.3 Å². The molecule has 0 unspecified atom stereocenters. The van der Waals surface area contributed by atoms with Gasteiger partial charge >= 0.3 is 5.97 Å². The highest BCUT2D eigenvalue weighted by Crippen LogP contribution is 2.22. The highest BCUT2D eigenvalue weighted by molar-refractivity contribution is 5.81. The Morgan fingerprint density at radius 1 is 1.60 bits per heavy atom. The first kappa shape index (κ1) is 12.2. The normalized spacial score (nSPS) is 19.5. The van der Waals surface area contributed by atoms with E-state index in [4.69, 9.17) is 9.47 Å². The molecule has 0 aromatic carbocycles. The van der Waals surface area contributed by atoms with E-state index < -0.39 is 5.54 Å². The lowest BCUT2D eigenvalue weighted by molar-refractivity contribution is -0.155. The van der Waals surface area contributed by atoms with E-state index in [0.717, 1.165) is 0 Å². The van der Waals surface area contributed by atoms with Crippen molar-refractivity contribution in [2.45, 2.75) is 25.3 Å². The second kappa shape index (κ2) is 5.88. The quantitative estimate of drug-likeness (QED) is 0.544. The zero-order chi connectivity index (χ0) is 11.1. The molecule has 86 valence electrons. The summed E-state index contributed by atoms with van der Waals surface area (Å²) >= 11 is 0. The number of carbonyl (C=O) groups excluding carboxylic acids is 1. The summed E-state index contributed by atoms with van der Waals surface area (Å²) in [5.74, 6) is -0.171. The molecule has 0 atom stereocenters. The standard InChI is InChI=1S/C11H19NO3/c1-3-7-12-11(10(13)15-4-2)5-8-14-9-6-11/h3,12H,1,4-9H2,2H3. The van der Waals surface area contributed by atoms with Crippen molar-refractivity contribution in [2.75, 3.05) is 26.4 Å². The van der Waals surface area contributed by atoms with Crippen molar-refractivity contribution in [1.82, 2.24) is 5.32 Å². The number of rotatable bonds is 5. The van der Waals surface area contributed by atoms with Gasteiger partial charge in [0.25, 0.3) is 0 Å². The molecule has 1 rings (SSSR count). The van der Waals surface area contributed by atoms with Crippen molar-refractivity contribution in [3.8, 4) is 0 Å². The Balaban J connectivity index is 2.64. The van der Waals surface area contributed by atoms with Crippen LogP contribution in [0.2, 0.25) is 0 Å². The molecule has 0 amide bonds. The van der Waals surface area contributed by atoms with E-state index >= 15 is 0 Å². The van der Waals surface area contributed by atoms with E-state index in [1.807, 2.05) is 6.92 Å². The lowest BCUT2D eigenvalue weighted by Gasteiger charge is -2.35. The molecule has 4 nitrogen and oxygen atoms in total. The van der Waals surface area contributed by atoms with Crippen molar-refractivity contribution in [3.63, 3.8) is 0 Å². The average Bonchev–Trinajstić information content (AvgIpc) is 2.28. The molecule has 0 aliphatic carbocycles. The zero-order valence-corrected chi connectivity index (χ0v) is 9.25. The van der Waals surface area contributed by atoms with Crippen molar-refractivity contribution in [2.24, 2.45) is 0 Å². The minimum atomic E-state index is -0.567. The van der Waals surface area contributed by atoms with E-state index in [1.54, 1.807) is 6.08 Å². The zero-order valence-electron chi connectivity index (χ0n) is 9.25. The fourth-order valence-electron chi connectivity index (χ4n) is 1.71. The largest absolute Gasteiger partial charge is 0.465 e. The Kier molecular flexibility index (Phi) is 4.78. The summed E-state index contributed by atoms with van der Waals surface area (Å²) in [6, 6.07) is 0. The van der Waals surface area contributed by atoms with Gasteiger partial charge in [-0.2, -0.15) is 0 Å². The van der Waals surface area contributed by atoms with Crippen LogP contribution in [0.25, 0.3) is 0 Å². The number of ether oxygens (including phenoxy) is 2. The first-order valence-electron chi connectivity index (χ1n) is 5.36. The predicted molar refractivity (Wildman–Crippen MR) is 57.6 cm³/mol. The molecule has 1 aliphatic rings. The average molecular weight is 213 g/mol. The molecule has 0 aromatic heterocycles. The monoisotopic (exact) mass is 213 g/mol. The van der Waals surface area contributed by atoms with Gasteiger partial charge in [0.15, 0.2) is 0 Å². The highest BCUT2D eigenvalue weighted by Gasteiger charge is 2.40. The Bertz CT molecular complexity index is 222. The van der Waals surface area contributed by atoms with Crippen LogP contribution in [-0.4, -0.2) is 37.9 Å². The highest BCUT2D eigenvalue weighted by atomic mass is 16.5. The first-order chi connectivity index (χ1) is 7.25. The minimum Gasteiger partial charge on any atom is -0.465 e. The van der Waals surface area contributed by atoms with Crippen LogP contribution in [0.4, 0.5) is 0 Å².